The summed E-state index contributed by atoms with van der Waals surface area (Å²) in [7, 11) is 0. The zero-order chi connectivity index (χ0) is 12.6. The minimum atomic E-state index is -0.583. The summed E-state index contributed by atoms with van der Waals surface area (Å²) in [6, 6.07) is 20.0. The van der Waals surface area contributed by atoms with Crippen LogP contribution in [0.3, 0.4) is 0 Å². The Kier molecular flexibility index (Phi) is 24.9. The van der Waals surface area contributed by atoms with E-state index >= 15 is 0 Å². The third kappa shape index (κ3) is 31.3. The quantitative estimate of drug-likeness (QED) is 0.414. The summed E-state index contributed by atoms with van der Waals surface area (Å²) in [6.07, 6.45) is 0. The first-order chi connectivity index (χ1) is 7.73. The van der Waals surface area contributed by atoms with Crippen molar-refractivity contribution in [1.29, 1.82) is 0 Å². The summed E-state index contributed by atoms with van der Waals surface area (Å²) in [5, 5.41) is 5.94. The topological polar surface area (TPSA) is 40.0 Å². The molecule has 94 valence electrons. The first-order valence-electron chi connectivity index (χ1n) is 4.99. The summed E-state index contributed by atoms with van der Waals surface area (Å²) in [4.78, 5) is 9.11. The molecule has 3 heteroatoms. The Morgan fingerprint density at radius 1 is 0.941 bits per heavy atom. The molecule has 0 amide bonds. The van der Waals surface area contributed by atoms with Crippen LogP contribution in [-0.4, -0.2) is 11.1 Å². The Labute approximate surface area is 114 Å². The Morgan fingerprint density at radius 2 is 1.12 bits per heavy atom. The molecule has 0 aliphatic carbocycles. The molecule has 0 unspecified atom stereocenters. The maximum absolute atomic E-state index is 9.11. The fourth-order valence-corrected chi connectivity index (χ4v) is 0.642. The molecule has 0 bridgehead atoms. The Balaban J connectivity index is -0.000000158. The minimum absolute atomic E-state index is 0. The van der Waals surface area contributed by atoms with Crippen LogP contribution >= 0.6 is 0 Å². The van der Waals surface area contributed by atoms with Gasteiger partial charge in [-0.25, -0.2) is 24.3 Å². The van der Waals surface area contributed by atoms with Gasteiger partial charge >= 0.3 is 23.0 Å². The van der Waals surface area contributed by atoms with Gasteiger partial charge in [-0.05, 0) is 0 Å². The fourth-order valence-electron chi connectivity index (χ4n) is 0.642. The van der Waals surface area contributed by atoms with Gasteiger partial charge in [0.15, 0.2) is 0 Å². The van der Waals surface area contributed by atoms with Gasteiger partial charge in [-0.1, -0.05) is 0 Å². The molecule has 17 heavy (non-hydrogen) atoms. The van der Waals surface area contributed by atoms with E-state index in [4.69, 9.17) is 9.90 Å². The standard InChI is InChI=1S/2C5H5.C2H4O2.C2H5.Fe/c2*1-2-4-5-3-1;1-2(3)4;1-2;/h2*1-5H;1H3,(H,3,4);1H2,2H3;/q2*-1;;-1;+4/p+1. The number of hydrogen-bond donors (Lipinski definition) is 0. The van der Waals surface area contributed by atoms with Gasteiger partial charge in [0, 0.05) is 4.79 Å². The third-order valence-electron chi connectivity index (χ3n) is 1.11. The van der Waals surface area contributed by atoms with Crippen LogP contribution in [-0.2, 0) is 21.9 Å². The van der Waals surface area contributed by atoms with Gasteiger partial charge in [-0.2, -0.15) is 43.3 Å². The van der Waals surface area contributed by atoms with Gasteiger partial charge in [0.2, 0.25) is 0 Å². The van der Waals surface area contributed by atoms with Crippen molar-refractivity contribution in [1.82, 2.24) is 0 Å². The van der Waals surface area contributed by atoms with Crippen molar-refractivity contribution < 1.29 is 27.0 Å². The second kappa shape index (κ2) is 20.1. The summed E-state index contributed by atoms with van der Waals surface area (Å²) in [5.41, 5.74) is 0. The average molecular weight is 276 g/mol. The molecular formula is C14H20FeO2+2. The van der Waals surface area contributed by atoms with Crippen LogP contribution in [0, 0.1) is 6.92 Å². The molecule has 0 atom stereocenters. The molecule has 0 heterocycles. The smallest absolute Gasteiger partial charge is 0.565 e. The number of rotatable bonds is 0. The van der Waals surface area contributed by atoms with Gasteiger partial charge in [0.05, 0.1) is 6.92 Å². The van der Waals surface area contributed by atoms with Gasteiger partial charge in [-0.15, -0.1) is 0 Å². The minimum Gasteiger partial charge on any atom is -0.565 e. The molecule has 2 aromatic carbocycles. The van der Waals surface area contributed by atoms with Crippen LogP contribution in [0.2, 0.25) is 0 Å². The third-order valence-corrected chi connectivity index (χ3v) is 1.11. The predicted molar refractivity (Wildman–Crippen MR) is 69.4 cm³/mol. The molecule has 2 nitrogen and oxygen atoms in total. The molecule has 0 saturated carbocycles. The van der Waals surface area contributed by atoms with Crippen molar-refractivity contribution in [3.8, 4) is 0 Å². The summed E-state index contributed by atoms with van der Waals surface area (Å²) in [6.45, 7) is 6.19. The van der Waals surface area contributed by atoms with Gasteiger partial charge < -0.3 is 12.0 Å². The second-order valence-electron chi connectivity index (χ2n) is 2.48. The van der Waals surface area contributed by atoms with Crippen molar-refractivity contribution in [2.75, 3.05) is 0 Å². The van der Waals surface area contributed by atoms with Gasteiger partial charge in [0.25, 0.3) is 0 Å². The maximum atomic E-state index is 9.11. The van der Waals surface area contributed by atoms with E-state index in [0.717, 1.165) is 0 Å². The van der Waals surface area contributed by atoms with E-state index in [1.807, 2.05) is 60.7 Å². The Bertz CT molecular complexity index is 221. The first-order valence-corrected chi connectivity index (χ1v) is 4.99. The molecule has 0 fully saturated rings. The number of carbonyl (C=O) groups is 1. The van der Waals surface area contributed by atoms with E-state index in [9.17, 15) is 0 Å². The van der Waals surface area contributed by atoms with Crippen LogP contribution < -0.4 is 0 Å². The van der Waals surface area contributed by atoms with Crippen molar-refractivity contribution >= 4 is 5.97 Å². The molecule has 0 saturated heterocycles. The molecule has 0 aliphatic rings. The SMILES string of the molecule is CC(=O)[OH2+].[CH2-]C.[Fe+4].c1cc[cH-]c1.c1cc[cH-]c1. The number of carbonyl (C=O) groups excluding carboxylic acids is 1. The van der Waals surface area contributed by atoms with E-state index in [1.165, 1.54) is 6.92 Å². The Hall–Kier alpha value is -1.31. The van der Waals surface area contributed by atoms with Crippen molar-refractivity contribution in [2.24, 2.45) is 0 Å². The molecule has 0 radical (unpaired) electrons. The first kappa shape index (κ1) is 21.0. The fraction of sp³-hybridized carbons (Fsp3) is 0.143. The van der Waals surface area contributed by atoms with E-state index in [1.54, 1.807) is 6.92 Å². The van der Waals surface area contributed by atoms with E-state index in [0.29, 0.717) is 0 Å². The molecule has 2 rings (SSSR count). The van der Waals surface area contributed by atoms with Crippen LogP contribution in [0.4, 0.5) is 0 Å². The predicted octanol–water partition coefficient (Wildman–Crippen LogP) is 2.91. The maximum Gasteiger partial charge on any atom is 4.00 e. The molecular weight excluding hydrogens is 256 g/mol. The summed E-state index contributed by atoms with van der Waals surface area (Å²) < 4.78 is 0. The van der Waals surface area contributed by atoms with Crippen molar-refractivity contribution in [3.05, 3.63) is 67.6 Å². The monoisotopic (exact) mass is 276 g/mol. The van der Waals surface area contributed by atoms with Crippen LogP contribution in [0.5, 0.6) is 0 Å². The van der Waals surface area contributed by atoms with E-state index < -0.39 is 5.97 Å². The zero-order valence-electron chi connectivity index (χ0n) is 10.2. The average Bonchev–Trinajstić information content (AvgIpc) is 2.99. The molecule has 0 spiro atoms. The summed E-state index contributed by atoms with van der Waals surface area (Å²) >= 11 is 0. The molecule has 0 aliphatic heterocycles. The van der Waals surface area contributed by atoms with Crippen LogP contribution in [0.15, 0.2) is 60.7 Å². The van der Waals surface area contributed by atoms with Crippen molar-refractivity contribution in [2.45, 2.75) is 13.8 Å². The number of hydrogen-bond acceptors (Lipinski definition) is 1. The van der Waals surface area contributed by atoms with Gasteiger partial charge in [-0.3, -0.25) is 0 Å². The second-order valence-corrected chi connectivity index (χ2v) is 2.48. The van der Waals surface area contributed by atoms with E-state index in [-0.39, 0.29) is 17.1 Å². The molecule has 0 aromatic heterocycles. The molecule has 2 aromatic rings. The van der Waals surface area contributed by atoms with E-state index in [2.05, 4.69) is 6.92 Å². The molecule has 2 N–H and O–H groups in total. The zero-order valence-corrected chi connectivity index (χ0v) is 11.3. The largest absolute Gasteiger partial charge is 4.00 e. The van der Waals surface area contributed by atoms with Gasteiger partial charge in [0.1, 0.15) is 0 Å². The normalized spacial score (nSPS) is 6.53. The Morgan fingerprint density at radius 3 is 1.18 bits per heavy atom. The van der Waals surface area contributed by atoms with Crippen LogP contribution in [0.1, 0.15) is 13.8 Å². The van der Waals surface area contributed by atoms with Crippen molar-refractivity contribution in [3.63, 3.8) is 0 Å². The summed E-state index contributed by atoms with van der Waals surface area (Å²) in [5.74, 6) is -0.583. The van der Waals surface area contributed by atoms with Crippen LogP contribution in [0.25, 0.3) is 0 Å².